The number of likely N-dealkylation sites (tertiary alicyclic amines) is 1. The van der Waals surface area contributed by atoms with Crippen molar-refractivity contribution in [3.8, 4) is 0 Å². The molecule has 0 radical (unpaired) electrons. The molecule has 0 aromatic carbocycles. The van der Waals surface area contributed by atoms with Gasteiger partial charge in [0.2, 0.25) is 21.8 Å². The number of hydrogen-bond donors (Lipinski definition) is 1. The fourth-order valence-electron chi connectivity index (χ4n) is 3.14. The topological polar surface area (TPSA) is 109 Å². The number of nitrogens with one attached hydrogen (secondary N) is 1. The Morgan fingerprint density at radius 2 is 2.15 bits per heavy atom. The molecule has 9 nitrogen and oxygen atoms in total. The first-order valence-corrected chi connectivity index (χ1v) is 9.83. The van der Waals surface area contributed by atoms with Gasteiger partial charge in [0, 0.05) is 52.1 Å². The Bertz CT molecular complexity index is 764. The molecule has 1 unspecified atom stereocenters. The number of carbonyl (C=O) groups excluding carboxylic acids is 2. The zero-order chi connectivity index (χ0) is 18.7. The molecule has 2 aliphatic rings. The van der Waals surface area contributed by atoms with Gasteiger partial charge >= 0.3 is 0 Å². The van der Waals surface area contributed by atoms with Crippen LogP contribution in [0.25, 0.3) is 0 Å². The van der Waals surface area contributed by atoms with Crippen LogP contribution in [0, 0.1) is 5.92 Å². The van der Waals surface area contributed by atoms with Gasteiger partial charge in [0.15, 0.2) is 0 Å². The van der Waals surface area contributed by atoms with Crippen LogP contribution in [-0.4, -0.2) is 80.4 Å². The van der Waals surface area contributed by atoms with Gasteiger partial charge in [-0.25, -0.2) is 8.42 Å². The lowest BCUT2D eigenvalue weighted by molar-refractivity contribution is -0.132. The second kappa shape index (κ2) is 7.68. The number of carbonyl (C=O) groups is 2. The molecular weight excluding hydrogens is 360 g/mol. The minimum Gasteiger partial charge on any atom is -0.383 e. The minimum atomic E-state index is -3.59. The zero-order valence-corrected chi connectivity index (χ0v) is 15.3. The normalized spacial score (nSPS) is 21.7. The maximum absolute atomic E-state index is 12.5. The van der Waals surface area contributed by atoms with Gasteiger partial charge in [-0.15, -0.1) is 0 Å². The highest BCUT2D eigenvalue weighted by molar-refractivity contribution is 7.89. The van der Waals surface area contributed by atoms with Crippen molar-refractivity contribution in [1.82, 2.24) is 19.5 Å². The Morgan fingerprint density at radius 3 is 2.81 bits per heavy atom. The molecule has 26 heavy (non-hydrogen) atoms. The second-order valence-corrected chi connectivity index (χ2v) is 8.33. The van der Waals surface area contributed by atoms with E-state index in [1.54, 1.807) is 18.1 Å². The molecule has 3 heterocycles. The summed E-state index contributed by atoms with van der Waals surface area (Å²) >= 11 is 0. The van der Waals surface area contributed by atoms with E-state index in [0.717, 1.165) is 0 Å². The lowest BCUT2D eigenvalue weighted by Gasteiger charge is -2.42. The molecule has 10 heteroatoms. The number of aromatic nitrogens is 1. The van der Waals surface area contributed by atoms with Gasteiger partial charge in [-0.1, -0.05) is 0 Å². The lowest BCUT2D eigenvalue weighted by atomic mass is 10.1. The molecule has 142 valence electrons. The predicted molar refractivity (Wildman–Crippen MR) is 91.5 cm³/mol. The Labute approximate surface area is 152 Å². The van der Waals surface area contributed by atoms with Crippen molar-refractivity contribution < 1.29 is 22.7 Å². The molecule has 0 spiro atoms. The molecule has 0 bridgehead atoms. The largest absolute Gasteiger partial charge is 0.383 e. The SMILES string of the molecule is COCCNC(=O)C1CC(=O)N(C2CN(S(=O)(=O)c3cccnc3)C2)C1. The van der Waals surface area contributed by atoms with Gasteiger partial charge in [-0.05, 0) is 12.1 Å². The third-order valence-corrected chi connectivity index (χ3v) is 6.49. The maximum Gasteiger partial charge on any atom is 0.244 e. The monoisotopic (exact) mass is 382 g/mol. The molecule has 2 saturated heterocycles. The van der Waals surface area contributed by atoms with Crippen molar-refractivity contribution in [3.63, 3.8) is 0 Å². The van der Waals surface area contributed by atoms with E-state index in [2.05, 4.69) is 10.3 Å². The zero-order valence-electron chi connectivity index (χ0n) is 14.5. The van der Waals surface area contributed by atoms with Gasteiger partial charge in [-0.3, -0.25) is 14.6 Å². The molecular formula is C16H22N4O5S. The van der Waals surface area contributed by atoms with Crippen molar-refractivity contribution in [2.24, 2.45) is 5.92 Å². The van der Waals surface area contributed by atoms with Gasteiger partial charge < -0.3 is 15.0 Å². The number of ether oxygens (including phenoxy) is 1. The summed E-state index contributed by atoms with van der Waals surface area (Å²) in [5.74, 6) is -0.680. The van der Waals surface area contributed by atoms with Crippen LogP contribution < -0.4 is 5.32 Å². The summed E-state index contributed by atoms with van der Waals surface area (Å²) in [4.78, 5) is 29.9. The highest BCUT2D eigenvalue weighted by Gasteiger charge is 2.45. The summed E-state index contributed by atoms with van der Waals surface area (Å²) in [5, 5.41) is 2.74. The maximum atomic E-state index is 12.5. The van der Waals surface area contributed by atoms with E-state index >= 15 is 0 Å². The fourth-order valence-corrected chi connectivity index (χ4v) is 4.62. The van der Waals surface area contributed by atoms with E-state index in [9.17, 15) is 18.0 Å². The summed E-state index contributed by atoms with van der Waals surface area (Å²) in [5.41, 5.74) is 0. The molecule has 3 rings (SSSR count). The van der Waals surface area contributed by atoms with E-state index < -0.39 is 15.9 Å². The first kappa shape index (κ1) is 18.7. The Hall–Kier alpha value is -2.04. The van der Waals surface area contributed by atoms with Crippen molar-refractivity contribution in [2.45, 2.75) is 17.4 Å². The van der Waals surface area contributed by atoms with Crippen LogP contribution in [0.1, 0.15) is 6.42 Å². The molecule has 2 aliphatic heterocycles. The van der Waals surface area contributed by atoms with Crippen molar-refractivity contribution >= 4 is 21.8 Å². The van der Waals surface area contributed by atoms with Gasteiger partial charge in [-0.2, -0.15) is 4.31 Å². The molecule has 1 aromatic rings. The van der Waals surface area contributed by atoms with Crippen LogP contribution in [0.2, 0.25) is 0 Å². The lowest BCUT2D eigenvalue weighted by Crippen LogP contribution is -2.61. The highest BCUT2D eigenvalue weighted by Crippen LogP contribution is 2.28. The number of rotatable bonds is 7. The first-order chi connectivity index (χ1) is 12.4. The van der Waals surface area contributed by atoms with Gasteiger partial charge in [0.1, 0.15) is 4.90 Å². The number of amides is 2. The average Bonchev–Trinajstić information content (AvgIpc) is 2.96. The fraction of sp³-hybridized carbons (Fsp3) is 0.562. The Balaban J connectivity index is 1.54. The van der Waals surface area contributed by atoms with E-state index in [4.69, 9.17) is 4.74 Å². The minimum absolute atomic E-state index is 0.111. The van der Waals surface area contributed by atoms with E-state index in [0.29, 0.717) is 19.7 Å². The molecule has 1 atom stereocenters. The number of hydrogen-bond acceptors (Lipinski definition) is 6. The summed E-state index contributed by atoms with van der Waals surface area (Å²) in [6.45, 7) is 1.62. The second-order valence-electron chi connectivity index (χ2n) is 6.40. The third kappa shape index (κ3) is 3.71. The number of pyridine rings is 1. The molecule has 1 aromatic heterocycles. The summed E-state index contributed by atoms with van der Waals surface area (Å²) in [7, 11) is -2.04. The van der Waals surface area contributed by atoms with E-state index in [1.165, 1.54) is 22.8 Å². The van der Waals surface area contributed by atoms with Crippen LogP contribution >= 0.6 is 0 Å². The van der Waals surface area contributed by atoms with Crippen LogP contribution in [0.5, 0.6) is 0 Å². The molecule has 0 saturated carbocycles. The predicted octanol–water partition coefficient (Wildman–Crippen LogP) is -0.934. The number of methoxy groups -OCH3 is 1. The van der Waals surface area contributed by atoms with Crippen LogP contribution in [-0.2, 0) is 24.3 Å². The Morgan fingerprint density at radius 1 is 1.38 bits per heavy atom. The highest BCUT2D eigenvalue weighted by atomic mass is 32.2. The standard InChI is InChI=1S/C16H22N4O5S/c1-25-6-5-18-16(22)12-7-15(21)20(9-12)13-10-19(11-13)26(23,24)14-3-2-4-17-8-14/h2-4,8,12-13H,5-7,9-11H2,1H3,(H,18,22). The molecule has 2 fully saturated rings. The number of nitrogens with zero attached hydrogens (tertiary/aromatic N) is 3. The molecule has 0 aliphatic carbocycles. The van der Waals surface area contributed by atoms with E-state index in [1.807, 2.05) is 0 Å². The Kier molecular flexibility index (Phi) is 5.54. The summed E-state index contributed by atoms with van der Waals surface area (Å²) in [6.07, 6.45) is 2.98. The number of sulfonamides is 1. The van der Waals surface area contributed by atoms with E-state index in [-0.39, 0.29) is 42.3 Å². The third-order valence-electron chi connectivity index (χ3n) is 4.68. The molecule has 2 amide bonds. The van der Waals surface area contributed by atoms with Crippen LogP contribution in [0.4, 0.5) is 0 Å². The van der Waals surface area contributed by atoms with Gasteiger partial charge in [0.05, 0.1) is 18.6 Å². The van der Waals surface area contributed by atoms with Crippen LogP contribution in [0.15, 0.2) is 29.4 Å². The summed E-state index contributed by atoms with van der Waals surface area (Å²) < 4.78 is 31.2. The quantitative estimate of drug-likeness (QED) is 0.610. The van der Waals surface area contributed by atoms with Gasteiger partial charge in [0.25, 0.3) is 0 Å². The van der Waals surface area contributed by atoms with Crippen molar-refractivity contribution in [3.05, 3.63) is 24.5 Å². The summed E-state index contributed by atoms with van der Waals surface area (Å²) in [6, 6.07) is 2.88. The van der Waals surface area contributed by atoms with Crippen molar-refractivity contribution in [1.29, 1.82) is 0 Å². The van der Waals surface area contributed by atoms with Crippen LogP contribution in [0.3, 0.4) is 0 Å². The smallest absolute Gasteiger partial charge is 0.244 e. The first-order valence-electron chi connectivity index (χ1n) is 8.39. The molecule has 1 N–H and O–H groups in total. The average molecular weight is 382 g/mol. The van der Waals surface area contributed by atoms with Crippen molar-refractivity contribution in [2.75, 3.05) is 39.9 Å².